The number of carbonyl (C=O) groups is 1. The lowest BCUT2D eigenvalue weighted by atomic mass is 9.96. The Balaban J connectivity index is 1.10. The molecule has 0 aliphatic carbocycles. The summed E-state index contributed by atoms with van der Waals surface area (Å²) in [6.45, 7) is 8.36. The number of benzene rings is 2. The number of rotatable bonds is 9. The summed E-state index contributed by atoms with van der Waals surface area (Å²) in [5.41, 5.74) is 5.03. The highest BCUT2D eigenvalue weighted by molar-refractivity contribution is 7.89. The van der Waals surface area contributed by atoms with Gasteiger partial charge >= 0.3 is 6.03 Å². The number of aryl methyl sites for hydroxylation is 2. The average molecular weight is 605 g/mol. The molecular weight excluding hydrogens is 560 g/mol. The number of aromatic nitrogens is 2. The van der Waals surface area contributed by atoms with E-state index in [1.807, 2.05) is 66.4 Å². The lowest BCUT2D eigenvalue weighted by molar-refractivity contribution is 0.104. The number of piperidine rings is 1. The molecule has 1 aromatic heterocycles. The van der Waals surface area contributed by atoms with Crippen LogP contribution in [0.1, 0.15) is 67.8 Å². The van der Waals surface area contributed by atoms with Crippen LogP contribution in [0.3, 0.4) is 0 Å². The zero-order chi connectivity index (χ0) is 30.1. The predicted molar refractivity (Wildman–Crippen MR) is 171 cm³/mol. The van der Waals surface area contributed by atoms with Crippen LogP contribution in [0.4, 0.5) is 16.2 Å². The van der Waals surface area contributed by atoms with Gasteiger partial charge in [-0.3, -0.25) is 9.80 Å². The van der Waals surface area contributed by atoms with E-state index in [2.05, 4.69) is 21.7 Å². The first-order chi connectivity index (χ1) is 20.7. The Morgan fingerprint density at radius 2 is 1.70 bits per heavy atom. The lowest BCUT2D eigenvalue weighted by Crippen LogP contribution is -2.45. The number of urea groups is 1. The third kappa shape index (κ3) is 6.23. The Morgan fingerprint density at radius 1 is 1.00 bits per heavy atom. The molecule has 10 heteroatoms. The number of hydrogen-bond acceptors (Lipinski definition) is 5. The summed E-state index contributed by atoms with van der Waals surface area (Å²) < 4.78 is 29.0. The first kappa shape index (κ1) is 29.8. The van der Waals surface area contributed by atoms with Crippen molar-refractivity contribution in [2.75, 3.05) is 35.6 Å². The van der Waals surface area contributed by atoms with Crippen molar-refractivity contribution in [1.82, 2.24) is 18.8 Å². The third-order valence-corrected chi connectivity index (χ3v) is 11.4. The SMILES string of the molecule is CCS(=O)(=O)N1CCc2c(nc(C)n2C2CC3CCC(C2)N3CCCN(C(=O)Nc2ccc(C)cc2)c2ccccc2)C1. The molecule has 4 heterocycles. The van der Waals surface area contributed by atoms with Crippen LogP contribution in [0, 0.1) is 13.8 Å². The number of carbonyl (C=O) groups excluding carboxylic acids is 1. The van der Waals surface area contributed by atoms with Gasteiger partial charge in [0.15, 0.2) is 0 Å². The molecule has 2 aromatic carbocycles. The van der Waals surface area contributed by atoms with E-state index >= 15 is 0 Å². The Labute approximate surface area is 255 Å². The van der Waals surface area contributed by atoms with Gasteiger partial charge in [0, 0.05) is 61.2 Å². The number of hydrogen-bond donors (Lipinski definition) is 1. The molecule has 1 N–H and O–H groups in total. The molecule has 0 radical (unpaired) electrons. The first-order valence-corrected chi connectivity index (χ1v) is 17.3. The van der Waals surface area contributed by atoms with E-state index in [0.717, 1.165) is 60.7 Å². The standard InChI is InChI=1S/C33H44N6O3S/c1-4-43(41,42)36-20-17-32-31(23-36)34-25(3)39(32)30-21-28-15-16-29(22-30)37(28)18-8-19-38(27-9-6-5-7-10-27)33(40)35-26-13-11-24(2)12-14-26/h5-7,9-14,28-30H,4,8,15-23H2,1-3H3,(H,35,40). The molecule has 9 nitrogen and oxygen atoms in total. The molecule has 2 bridgehead atoms. The normalized spacial score (nSPS) is 22.3. The summed E-state index contributed by atoms with van der Waals surface area (Å²) in [7, 11) is -3.21. The van der Waals surface area contributed by atoms with Gasteiger partial charge in [0.1, 0.15) is 5.82 Å². The highest BCUT2D eigenvalue weighted by atomic mass is 32.2. The van der Waals surface area contributed by atoms with E-state index in [1.54, 1.807) is 11.2 Å². The Bertz CT molecular complexity index is 1520. The molecular formula is C33H44N6O3S. The second kappa shape index (κ2) is 12.4. The van der Waals surface area contributed by atoms with Crippen molar-refractivity contribution in [3.63, 3.8) is 0 Å². The summed E-state index contributed by atoms with van der Waals surface area (Å²) in [6.07, 6.45) is 6.22. The summed E-state index contributed by atoms with van der Waals surface area (Å²) in [4.78, 5) is 22.8. The molecule has 43 heavy (non-hydrogen) atoms. The fraction of sp³-hybridized carbons (Fsp3) is 0.515. The fourth-order valence-electron chi connectivity index (χ4n) is 7.44. The Hall–Kier alpha value is -3.21. The van der Waals surface area contributed by atoms with Crippen LogP contribution >= 0.6 is 0 Å². The Morgan fingerprint density at radius 3 is 2.37 bits per heavy atom. The lowest BCUT2D eigenvalue weighted by Gasteiger charge is -2.41. The van der Waals surface area contributed by atoms with Gasteiger partial charge in [-0.2, -0.15) is 4.31 Å². The van der Waals surface area contributed by atoms with Crippen LogP contribution in [-0.2, 0) is 23.0 Å². The minimum absolute atomic E-state index is 0.109. The van der Waals surface area contributed by atoms with Gasteiger partial charge in [-0.05, 0) is 77.1 Å². The van der Waals surface area contributed by atoms with E-state index in [1.165, 1.54) is 18.5 Å². The molecule has 0 spiro atoms. The zero-order valence-corrected chi connectivity index (χ0v) is 26.4. The maximum absolute atomic E-state index is 13.4. The number of anilines is 2. The van der Waals surface area contributed by atoms with Gasteiger partial charge in [0.2, 0.25) is 10.0 Å². The summed E-state index contributed by atoms with van der Waals surface area (Å²) in [5, 5.41) is 3.08. The molecule has 230 valence electrons. The maximum Gasteiger partial charge on any atom is 0.326 e. The minimum Gasteiger partial charge on any atom is -0.329 e. The highest BCUT2D eigenvalue weighted by Crippen LogP contribution is 2.42. The summed E-state index contributed by atoms with van der Waals surface area (Å²) >= 11 is 0. The molecule has 2 fully saturated rings. The fourth-order valence-corrected chi connectivity index (χ4v) is 8.49. The van der Waals surface area contributed by atoms with Gasteiger partial charge < -0.3 is 9.88 Å². The van der Waals surface area contributed by atoms with Gasteiger partial charge in [-0.1, -0.05) is 35.9 Å². The van der Waals surface area contributed by atoms with Crippen LogP contribution in [-0.4, -0.2) is 70.7 Å². The van der Waals surface area contributed by atoms with Crippen molar-refractivity contribution in [1.29, 1.82) is 0 Å². The molecule has 2 amide bonds. The molecule has 6 rings (SSSR count). The number of nitrogens with zero attached hydrogens (tertiary/aromatic N) is 5. The molecule has 3 aliphatic rings. The van der Waals surface area contributed by atoms with E-state index in [-0.39, 0.29) is 11.8 Å². The molecule has 2 atom stereocenters. The molecule has 0 saturated carbocycles. The average Bonchev–Trinajstić information content (AvgIpc) is 3.46. The van der Waals surface area contributed by atoms with E-state index < -0.39 is 10.0 Å². The number of imidazole rings is 1. The number of sulfonamides is 1. The maximum atomic E-state index is 13.4. The van der Waals surface area contributed by atoms with Gasteiger partial charge in [0.25, 0.3) is 0 Å². The number of para-hydroxylation sites is 1. The highest BCUT2D eigenvalue weighted by Gasteiger charge is 2.42. The van der Waals surface area contributed by atoms with Crippen LogP contribution in [0.2, 0.25) is 0 Å². The van der Waals surface area contributed by atoms with Crippen LogP contribution in [0.25, 0.3) is 0 Å². The van der Waals surface area contributed by atoms with Gasteiger partial charge in [-0.25, -0.2) is 18.2 Å². The van der Waals surface area contributed by atoms with Crippen molar-refractivity contribution in [2.24, 2.45) is 0 Å². The summed E-state index contributed by atoms with van der Waals surface area (Å²) in [5.74, 6) is 1.14. The van der Waals surface area contributed by atoms with Crippen LogP contribution < -0.4 is 10.2 Å². The third-order valence-electron chi connectivity index (χ3n) is 9.59. The van der Waals surface area contributed by atoms with Crippen molar-refractivity contribution >= 4 is 27.4 Å². The second-order valence-electron chi connectivity index (χ2n) is 12.3. The first-order valence-electron chi connectivity index (χ1n) is 15.7. The van der Waals surface area contributed by atoms with Gasteiger partial charge in [0.05, 0.1) is 18.0 Å². The predicted octanol–water partition coefficient (Wildman–Crippen LogP) is 5.50. The van der Waals surface area contributed by atoms with Crippen molar-refractivity contribution in [2.45, 2.75) is 84.0 Å². The molecule has 2 saturated heterocycles. The minimum atomic E-state index is -3.21. The number of nitrogens with one attached hydrogen (secondary N) is 1. The number of amides is 2. The smallest absolute Gasteiger partial charge is 0.326 e. The largest absolute Gasteiger partial charge is 0.329 e. The second-order valence-corrected chi connectivity index (χ2v) is 14.5. The Kier molecular flexibility index (Phi) is 8.62. The molecule has 2 unspecified atom stereocenters. The van der Waals surface area contributed by atoms with Crippen molar-refractivity contribution < 1.29 is 13.2 Å². The molecule has 3 aliphatic heterocycles. The van der Waals surface area contributed by atoms with Crippen molar-refractivity contribution in [3.8, 4) is 0 Å². The zero-order valence-electron chi connectivity index (χ0n) is 25.6. The van der Waals surface area contributed by atoms with Crippen LogP contribution in [0.5, 0.6) is 0 Å². The van der Waals surface area contributed by atoms with Crippen LogP contribution in [0.15, 0.2) is 54.6 Å². The summed E-state index contributed by atoms with van der Waals surface area (Å²) in [6, 6.07) is 19.2. The molecule has 3 aromatic rings. The van der Waals surface area contributed by atoms with E-state index in [0.29, 0.717) is 37.8 Å². The topological polar surface area (TPSA) is 90.8 Å². The quantitative estimate of drug-likeness (QED) is 0.348. The monoisotopic (exact) mass is 604 g/mol. The van der Waals surface area contributed by atoms with Gasteiger partial charge in [-0.15, -0.1) is 0 Å². The van der Waals surface area contributed by atoms with Crippen molar-refractivity contribution in [3.05, 3.63) is 77.4 Å². The number of fused-ring (bicyclic) bond motifs is 3. The van der Waals surface area contributed by atoms with E-state index in [4.69, 9.17) is 4.98 Å². The van der Waals surface area contributed by atoms with E-state index in [9.17, 15) is 13.2 Å².